The Morgan fingerprint density at radius 1 is 0.730 bits per heavy atom. The minimum Gasteiger partial charge on any atom is -0.506 e. The predicted molar refractivity (Wildman–Crippen MR) is 150 cm³/mol. The minimum atomic E-state index is -0.327. The van der Waals surface area contributed by atoms with Crippen LogP contribution in [0, 0.1) is 13.8 Å². The number of rotatable bonds is 5. The number of azo groups is 1. The number of pyridine rings is 1. The van der Waals surface area contributed by atoms with E-state index in [1.54, 1.807) is 11.5 Å². The largest absolute Gasteiger partial charge is 0.506 e. The summed E-state index contributed by atoms with van der Waals surface area (Å²) in [4.78, 5) is 18.5. The highest BCUT2D eigenvalue weighted by Crippen LogP contribution is 2.33. The van der Waals surface area contributed by atoms with Gasteiger partial charge in [-0.2, -0.15) is 10.2 Å². The van der Waals surface area contributed by atoms with Gasteiger partial charge in [0, 0.05) is 11.1 Å². The highest BCUT2D eigenvalue weighted by atomic mass is 16.3. The summed E-state index contributed by atoms with van der Waals surface area (Å²) in [5.74, 6) is -0.0725. The molecule has 182 valence electrons. The van der Waals surface area contributed by atoms with E-state index in [1.165, 1.54) is 0 Å². The van der Waals surface area contributed by atoms with E-state index >= 15 is 0 Å². The number of aromatic nitrogens is 1. The minimum absolute atomic E-state index is 0.0725. The van der Waals surface area contributed by atoms with Crippen molar-refractivity contribution in [3.05, 3.63) is 124 Å². The maximum Gasteiger partial charge on any atom is 0.268 e. The zero-order valence-corrected chi connectivity index (χ0v) is 20.9. The molecule has 5 rings (SSSR count). The van der Waals surface area contributed by atoms with Crippen LogP contribution in [0.2, 0.25) is 0 Å². The second-order valence-corrected chi connectivity index (χ2v) is 8.80. The molecular weight excluding hydrogens is 460 g/mol. The number of fused-ring (bicyclic) bond motifs is 1. The molecule has 1 N–H and O–H groups in total. The average molecular weight is 487 g/mol. The number of aliphatic imine (C=N–C) groups is 1. The molecule has 6 heteroatoms. The molecule has 6 nitrogen and oxygen atoms in total. The molecule has 0 radical (unpaired) electrons. The zero-order valence-electron chi connectivity index (χ0n) is 20.9. The van der Waals surface area contributed by atoms with Crippen LogP contribution in [0.5, 0.6) is 5.75 Å². The normalized spacial score (nSPS) is 11.9. The second-order valence-electron chi connectivity index (χ2n) is 8.80. The molecule has 0 saturated carbocycles. The van der Waals surface area contributed by atoms with Crippen LogP contribution in [-0.2, 0) is 0 Å². The molecule has 1 heterocycles. The van der Waals surface area contributed by atoms with Crippen LogP contribution >= 0.6 is 0 Å². The first-order valence-electron chi connectivity index (χ1n) is 12.0. The third-order valence-corrected chi connectivity index (χ3v) is 6.48. The summed E-state index contributed by atoms with van der Waals surface area (Å²) in [6.07, 6.45) is 0. The van der Waals surface area contributed by atoms with Crippen LogP contribution in [-0.4, -0.2) is 15.4 Å². The fraction of sp³-hybridized carbons (Fsp3) is 0.0968. The number of hydrogen-bond donors (Lipinski definition) is 1. The molecule has 0 aliphatic heterocycles. The maximum atomic E-state index is 13.8. The number of nitrogens with zero attached hydrogens (tertiary/aromatic N) is 4. The third-order valence-electron chi connectivity index (χ3n) is 6.48. The Bertz CT molecular complexity index is 1720. The van der Waals surface area contributed by atoms with Crippen LogP contribution in [0.15, 0.2) is 117 Å². The Morgan fingerprint density at radius 2 is 1.32 bits per heavy atom. The SMILES string of the molecule is CC(=Nc1ccc(N=Nc2ccccc2)c(C)c1C)c1c(O)c2ccccc2n(-c2ccccc2)c1=O. The monoisotopic (exact) mass is 486 g/mol. The fourth-order valence-corrected chi connectivity index (χ4v) is 4.35. The smallest absolute Gasteiger partial charge is 0.268 e. The van der Waals surface area contributed by atoms with Gasteiger partial charge in [-0.25, -0.2) is 0 Å². The van der Waals surface area contributed by atoms with Gasteiger partial charge in [-0.05, 0) is 80.4 Å². The van der Waals surface area contributed by atoms with Gasteiger partial charge in [0.1, 0.15) is 11.3 Å². The first kappa shape index (κ1) is 23.9. The summed E-state index contributed by atoms with van der Waals surface area (Å²) in [5.41, 5.74) is 5.72. The van der Waals surface area contributed by atoms with Crippen molar-refractivity contribution in [1.82, 2.24) is 4.57 Å². The summed E-state index contributed by atoms with van der Waals surface area (Å²) in [7, 11) is 0. The lowest BCUT2D eigenvalue weighted by Crippen LogP contribution is -2.25. The van der Waals surface area contributed by atoms with Crippen molar-refractivity contribution in [1.29, 1.82) is 0 Å². The molecule has 4 aromatic carbocycles. The molecule has 0 bridgehead atoms. The third kappa shape index (κ3) is 4.57. The summed E-state index contributed by atoms with van der Waals surface area (Å²) in [6.45, 7) is 5.68. The molecule has 0 aliphatic carbocycles. The molecule has 0 saturated heterocycles. The second kappa shape index (κ2) is 10.0. The molecule has 0 spiro atoms. The Kier molecular flexibility index (Phi) is 6.47. The van der Waals surface area contributed by atoms with E-state index in [2.05, 4.69) is 10.2 Å². The standard InChI is InChI=1S/C31H26N4O2/c1-20-21(2)27(34-33-23-12-6-4-7-13-23)19-18-26(20)32-22(3)29-30(36)25-16-10-11-17-28(25)35(31(29)37)24-14-8-5-9-15-24/h4-19,36H,1-3H3. The number of hydrogen-bond acceptors (Lipinski definition) is 5. The fourth-order valence-electron chi connectivity index (χ4n) is 4.35. The van der Waals surface area contributed by atoms with Gasteiger partial charge in [-0.15, -0.1) is 0 Å². The lowest BCUT2D eigenvalue weighted by Gasteiger charge is -2.15. The number of benzene rings is 4. The van der Waals surface area contributed by atoms with Crippen molar-refractivity contribution >= 4 is 33.7 Å². The summed E-state index contributed by atoms with van der Waals surface area (Å²) in [6, 6.07) is 30.0. The average Bonchev–Trinajstić information content (AvgIpc) is 2.92. The van der Waals surface area contributed by atoms with E-state index in [0.29, 0.717) is 22.3 Å². The van der Waals surface area contributed by atoms with E-state index in [1.807, 2.05) is 111 Å². The van der Waals surface area contributed by atoms with Gasteiger partial charge in [0.05, 0.1) is 28.3 Å². The van der Waals surface area contributed by atoms with Gasteiger partial charge in [-0.3, -0.25) is 14.4 Å². The van der Waals surface area contributed by atoms with Crippen molar-refractivity contribution in [2.24, 2.45) is 15.2 Å². The van der Waals surface area contributed by atoms with Crippen molar-refractivity contribution in [2.75, 3.05) is 0 Å². The van der Waals surface area contributed by atoms with Crippen LogP contribution in [0.1, 0.15) is 23.6 Å². The van der Waals surface area contributed by atoms with Crippen LogP contribution in [0.25, 0.3) is 16.6 Å². The summed E-state index contributed by atoms with van der Waals surface area (Å²) in [5, 5.41) is 20.5. The van der Waals surface area contributed by atoms with E-state index in [0.717, 1.165) is 28.2 Å². The highest BCUT2D eigenvalue weighted by molar-refractivity contribution is 6.06. The van der Waals surface area contributed by atoms with Crippen molar-refractivity contribution in [2.45, 2.75) is 20.8 Å². The van der Waals surface area contributed by atoms with Crippen LogP contribution in [0.4, 0.5) is 17.1 Å². The van der Waals surface area contributed by atoms with E-state index in [4.69, 9.17) is 4.99 Å². The molecule has 37 heavy (non-hydrogen) atoms. The highest BCUT2D eigenvalue weighted by Gasteiger charge is 2.19. The van der Waals surface area contributed by atoms with Gasteiger partial charge in [0.15, 0.2) is 0 Å². The Morgan fingerprint density at radius 3 is 2.05 bits per heavy atom. The summed E-state index contributed by atoms with van der Waals surface area (Å²) >= 11 is 0. The Labute approximate surface area is 214 Å². The van der Waals surface area contributed by atoms with E-state index in [-0.39, 0.29) is 16.9 Å². The molecule has 0 amide bonds. The maximum absolute atomic E-state index is 13.8. The number of aromatic hydroxyl groups is 1. The van der Waals surface area contributed by atoms with Gasteiger partial charge in [-0.1, -0.05) is 48.5 Å². The topological polar surface area (TPSA) is 79.3 Å². The van der Waals surface area contributed by atoms with Crippen LogP contribution < -0.4 is 5.56 Å². The lowest BCUT2D eigenvalue weighted by atomic mass is 10.0. The van der Waals surface area contributed by atoms with E-state index < -0.39 is 0 Å². The van der Waals surface area contributed by atoms with Crippen molar-refractivity contribution < 1.29 is 5.11 Å². The molecule has 0 atom stereocenters. The Balaban J connectivity index is 1.62. The van der Waals surface area contributed by atoms with Crippen LogP contribution in [0.3, 0.4) is 0 Å². The summed E-state index contributed by atoms with van der Waals surface area (Å²) < 4.78 is 1.62. The van der Waals surface area contributed by atoms with Gasteiger partial charge in [0.25, 0.3) is 5.56 Å². The molecule has 1 aromatic heterocycles. The van der Waals surface area contributed by atoms with Gasteiger partial charge < -0.3 is 5.11 Å². The molecule has 0 aliphatic rings. The molecule has 0 unspecified atom stereocenters. The zero-order chi connectivity index (χ0) is 25.9. The molecular formula is C31H26N4O2. The first-order chi connectivity index (χ1) is 18.0. The Hall–Kier alpha value is -4.84. The van der Waals surface area contributed by atoms with Gasteiger partial charge >= 0.3 is 0 Å². The lowest BCUT2D eigenvalue weighted by molar-refractivity contribution is 0.478. The van der Waals surface area contributed by atoms with Crippen molar-refractivity contribution in [3.63, 3.8) is 0 Å². The quantitative estimate of drug-likeness (QED) is 0.203. The van der Waals surface area contributed by atoms with Gasteiger partial charge in [0.2, 0.25) is 0 Å². The van der Waals surface area contributed by atoms with E-state index in [9.17, 15) is 9.90 Å². The predicted octanol–water partition coefficient (Wildman–Crippen LogP) is 7.87. The molecule has 5 aromatic rings. The number of para-hydroxylation sites is 2. The molecule has 0 fully saturated rings. The van der Waals surface area contributed by atoms with Crippen molar-refractivity contribution in [3.8, 4) is 11.4 Å². The first-order valence-corrected chi connectivity index (χ1v) is 12.0.